The Morgan fingerprint density at radius 3 is 2.56 bits per heavy atom. The lowest BCUT2D eigenvalue weighted by Crippen LogP contribution is -2.55. The molecule has 32 heavy (non-hydrogen) atoms. The number of ether oxygens (including phenoxy) is 1. The molecule has 3 rings (SSSR count). The molecular formula is C21H25F3N4O4. The van der Waals surface area contributed by atoms with E-state index in [9.17, 15) is 22.8 Å². The lowest BCUT2D eigenvalue weighted by Gasteiger charge is -2.30. The lowest BCUT2D eigenvalue weighted by molar-refractivity contribution is -0.125. The van der Waals surface area contributed by atoms with Crippen molar-refractivity contribution in [3.63, 3.8) is 0 Å². The average molecular weight is 454 g/mol. The van der Waals surface area contributed by atoms with Gasteiger partial charge in [-0.2, -0.15) is 9.78 Å². The molecule has 0 radical (unpaired) electrons. The molecule has 1 aliphatic rings. The minimum atomic E-state index is -1.34. The summed E-state index contributed by atoms with van der Waals surface area (Å²) < 4.78 is 48.0. The van der Waals surface area contributed by atoms with Crippen LogP contribution in [-0.4, -0.2) is 52.6 Å². The third-order valence-electron chi connectivity index (χ3n) is 5.08. The summed E-state index contributed by atoms with van der Waals surface area (Å²) in [6, 6.07) is -0.605. The van der Waals surface area contributed by atoms with Crippen LogP contribution in [0.5, 0.6) is 0 Å². The highest BCUT2D eigenvalue weighted by Crippen LogP contribution is 2.32. The average Bonchev–Trinajstić information content (AvgIpc) is 3.11. The maximum atomic E-state index is 14.4. The van der Waals surface area contributed by atoms with E-state index in [-0.39, 0.29) is 44.0 Å². The number of carbonyl (C=O) groups excluding carboxylic acids is 2. The SMILES string of the molecule is CC(C)(C)[C@H](NC(=O)n1nc(-c2cc(F)c(F)cc2F)c2c1CCOC2)C(=O)NCCO. The summed E-state index contributed by atoms with van der Waals surface area (Å²) in [7, 11) is 0. The number of carbonyl (C=O) groups is 2. The van der Waals surface area contributed by atoms with E-state index in [0.29, 0.717) is 23.4 Å². The van der Waals surface area contributed by atoms with E-state index in [1.807, 2.05) is 0 Å². The Kier molecular flexibility index (Phi) is 6.89. The van der Waals surface area contributed by atoms with Gasteiger partial charge in [-0.15, -0.1) is 0 Å². The number of aromatic nitrogens is 2. The van der Waals surface area contributed by atoms with Crippen LogP contribution in [0.25, 0.3) is 11.3 Å². The molecule has 11 heteroatoms. The fourth-order valence-corrected chi connectivity index (χ4v) is 3.47. The highest BCUT2D eigenvalue weighted by molar-refractivity contribution is 5.89. The summed E-state index contributed by atoms with van der Waals surface area (Å²) in [6.45, 7) is 5.32. The first-order chi connectivity index (χ1) is 15.0. The fourth-order valence-electron chi connectivity index (χ4n) is 3.47. The van der Waals surface area contributed by atoms with Crippen molar-refractivity contribution in [1.29, 1.82) is 0 Å². The van der Waals surface area contributed by atoms with Gasteiger partial charge in [0.05, 0.1) is 25.5 Å². The Hall–Kier alpha value is -2.92. The highest BCUT2D eigenvalue weighted by Gasteiger charge is 2.35. The Morgan fingerprint density at radius 1 is 1.22 bits per heavy atom. The topological polar surface area (TPSA) is 105 Å². The van der Waals surface area contributed by atoms with Crippen LogP contribution in [-0.2, 0) is 22.6 Å². The second kappa shape index (κ2) is 9.29. The first kappa shape index (κ1) is 23.7. The maximum Gasteiger partial charge on any atom is 0.343 e. The van der Waals surface area contributed by atoms with E-state index in [1.165, 1.54) is 0 Å². The molecule has 1 aromatic heterocycles. The molecule has 8 nitrogen and oxygen atoms in total. The highest BCUT2D eigenvalue weighted by atomic mass is 19.2. The van der Waals surface area contributed by atoms with Gasteiger partial charge in [0, 0.05) is 30.2 Å². The number of hydrogen-bond acceptors (Lipinski definition) is 5. The molecule has 1 atom stereocenters. The zero-order valence-electron chi connectivity index (χ0n) is 18.0. The molecule has 174 valence electrons. The molecule has 2 amide bonds. The molecule has 2 heterocycles. The first-order valence-electron chi connectivity index (χ1n) is 10.1. The predicted octanol–water partition coefficient (Wildman–Crippen LogP) is 2.12. The van der Waals surface area contributed by atoms with Crippen molar-refractivity contribution < 1.29 is 32.6 Å². The van der Waals surface area contributed by atoms with Crippen molar-refractivity contribution in [2.45, 2.75) is 39.8 Å². The number of benzene rings is 1. The van der Waals surface area contributed by atoms with Gasteiger partial charge in [-0.05, 0) is 11.5 Å². The Labute approximate surface area is 182 Å². The van der Waals surface area contributed by atoms with Gasteiger partial charge >= 0.3 is 6.03 Å². The van der Waals surface area contributed by atoms with Crippen molar-refractivity contribution in [2.75, 3.05) is 19.8 Å². The number of halogens is 3. The molecule has 0 saturated carbocycles. The summed E-state index contributed by atoms with van der Waals surface area (Å²) in [5, 5.41) is 18.3. The summed E-state index contributed by atoms with van der Waals surface area (Å²) in [5.74, 6) is -4.11. The summed E-state index contributed by atoms with van der Waals surface area (Å²) >= 11 is 0. The van der Waals surface area contributed by atoms with Gasteiger partial charge < -0.3 is 20.5 Å². The minimum absolute atomic E-state index is 0.00999. The van der Waals surface area contributed by atoms with Crippen molar-refractivity contribution in [3.8, 4) is 11.3 Å². The van der Waals surface area contributed by atoms with Crippen LogP contribution >= 0.6 is 0 Å². The van der Waals surface area contributed by atoms with E-state index in [4.69, 9.17) is 9.84 Å². The van der Waals surface area contributed by atoms with Crippen molar-refractivity contribution >= 4 is 11.9 Å². The number of aliphatic hydroxyl groups excluding tert-OH is 1. The first-order valence-corrected chi connectivity index (χ1v) is 10.1. The van der Waals surface area contributed by atoms with Crippen molar-refractivity contribution in [2.24, 2.45) is 5.41 Å². The summed E-state index contributed by atoms with van der Waals surface area (Å²) in [5.41, 5.74) is -0.209. The van der Waals surface area contributed by atoms with Gasteiger partial charge in [-0.25, -0.2) is 18.0 Å². The smallest absolute Gasteiger partial charge is 0.343 e. The van der Waals surface area contributed by atoms with Gasteiger partial charge in [0.15, 0.2) is 11.6 Å². The molecule has 0 unspecified atom stereocenters. The minimum Gasteiger partial charge on any atom is -0.395 e. The molecule has 0 bridgehead atoms. The molecule has 2 aromatic rings. The van der Waals surface area contributed by atoms with E-state index in [1.54, 1.807) is 20.8 Å². The molecule has 3 N–H and O–H groups in total. The standard InChI is InChI=1S/C21H25F3N4O4/c1-21(2,3)18(19(30)25-5-6-29)26-20(31)28-16-4-7-32-10-12(16)17(27-28)11-8-14(23)15(24)9-13(11)22/h8-9,18,29H,4-7,10H2,1-3H3,(H,25,30)(H,26,31)/t18-/m1/s1. The van der Waals surface area contributed by atoms with Crippen LogP contribution in [0, 0.1) is 22.9 Å². The van der Waals surface area contributed by atoms with Gasteiger partial charge in [-0.3, -0.25) is 4.79 Å². The molecule has 0 aliphatic carbocycles. The zero-order valence-corrected chi connectivity index (χ0v) is 18.0. The van der Waals surface area contributed by atoms with Gasteiger partial charge in [0.2, 0.25) is 5.91 Å². The van der Waals surface area contributed by atoms with E-state index < -0.39 is 40.8 Å². The van der Waals surface area contributed by atoms with Crippen molar-refractivity contribution in [1.82, 2.24) is 20.4 Å². The predicted molar refractivity (Wildman–Crippen MR) is 108 cm³/mol. The molecule has 0 fully saturated rings. The Bertz CT molecular complexity index is 1030. The van der Waals surface area contributed by atoms with Crippen LogP contribution in [0.3, 0.4) is 0 Å². The van der Waals surface area contributed by atoms with E-state index in [0.717, 1.165) is 4.68 Å². The lowest BCUT2D eigenvalue weighted by atomic mass is 9.86. The monoisotopic (exact) mass is 454 g/mol. The van der Waals surface area contributed by atoms with Gasteiger partial charge in [0.1, 0.15) is 17.6 Å². The number of hydrogen-bond donors (Lipinski definition) is 3. The molecule has 1 aromatic carbocycles. The molecule has 0 spiro atoms. The second-order valence-corrected chi connectivity index (χ2v) is 8.50. The number of rotatable bonds is 5. The Morgan fingerprint density at radius 2 is 1.91 bits per heavy atom. The number of nitrogens with one attached hydrogen (secondary N) is 2. The molecule has 0 saturated heterocycles. The number of aliphatic hydroxyl groups is 1. The third-order valence-corrected chi connectivity index (χ3v) is 5.08. The van der Waals surface area contributed by atoms with Crippen molar-refractivity contribution in [3.05, 3.63) is 40.8 Å². The van der Waals surface area contributed by atoms with Crippen LogP contribution in [0.2, 0.25) is 0 Å². The second-order valence-electron chi connectivity index (χ2n) is 8.50. The largest absolute Gasteiger partial charge is 0.395 e. The number of fused-ring (bicyclic) bond motifs is 1. The number of amides is 2. The van der Waals surface area contributed by atoms with Crippen LogP contribution in [0.1, 0.15) is 32.0 Å². The van der Waals surface area contributed by atoms with Crippen LogP contribution < -0.4 is 10.6 Å². The maximum absolute atomic E-state index is 14.4. The Balaban J connectivity index is 2.00. The quantitative estimate of drug-likeness (QED) is 0.601. The summed E-state index contributed by atoms with van der Waals surface area (Å²) in [4.78, 5) is 25.6. The zero-order chi connectivity index (χ0) is 23.6. The van der Waals surface area contributed by atoms with E-state index >= 15 is 0 Å². The normalized spacial score (nSPS) is 14.6. The number of nitrogens with zero attached hydrogens (tertiary/aromatic N) is 2. The van der Waals surface area contributed by atoms with E-state index in [2.05, 4.69) is 15.7 Å². The molecule has 1 aliphatic heterocycles. The van der Waals surface area contributed by atoms with Crippen LogP contribution in [0.15, 0.2) is 12.1 Å². The third kappa shape index (κ3) is 4.78. The molecular weight excluding hydrogens is 429 g/mol. The van der Waals surface area contributed by atoms with Gasteiger partial charge in [0.25, 0.3) is 0 Å². The summed E-state index contributed by atoms with van der Waals surface area (Å²) in [6.07, 6.45) is 0.276. The van der Waals surface area contributed by atoms with Gasteiger partial charge in [-0.1, -0.05) is 20.8 Å². The fraction of sp³-hybridized carbons (Fsp3) is 0.476. The van der Waals surface area contributed by atoms with Crippen LogP contribution in [0.4, 0.5) is 18.0 Å².